The Morgan fingerprint density at radius 3 is 1.11 bits per heavy atom. The molecule has 4 aromatic carbocycles. The van der Waals surface area contributed by atoms with Crippen LogP contribution in [0.25, 0.3) is 22.3 Å². The number of halogens is 6. The molecule has 6 aromatic rings. The first kappa shape index (κ1) is 49.3. The molecule has 0 fully saturated rings. The van der Waals surface area contributed by atoms with Gasteiger partial charge in [0.1, 0.15) is 0 Å². The molecule has 0 aliphatic carbocycles. The summed E-state index contributed by atoms with van der Waals surface area (Å²) in [6.45, 7) is 0. The molecular weight excluding hydrogens is 1070 g/mol. The van der Waals surface area contributed by atoms with Crippen LogP contribution in [-0.2, 0) is 20.2 Å². The quantitative estimate of drug-likeness (QED) is 0.0511. The molecule has 23 heteroatoms. The van der Waals surface area contributed by atoms with Crippen LogP contribution in [0.1, 0.15) is 33.6 Å². The van der Waals surface area contributed by atoms with E-state index in [1.54, 1.807) is 0 Å². The van der Waals surface area contributed by atoms with Crippen molar-refractivity contribution in [1.82, 2.24) is 5.58 Å². The van der Waals surface area contributed by atoms with Crippen molar-refractivity contribution in [3.05, 3.63) is 201 Å². The fraction of sp³-hybridized carbons (Fsp3) is 0.0638. The summed E-state index contributed by atoms with van der Waals surface area (Å²) in [6.07, 6.45) is 8.61. The fourth-order valence-electron chi connectivity index (χ4n) is 7.71. The van der Waals surface area contributed by atoms with Crippen molar-refractivity contribution in [2.45, 2.75) is 11.0 Å². The molecule has 0 amide bonds. The van der Waals surface area contributed by atoms with Crippen molar-refractivity contribution >= 4 is 98.4 Å². The van der Waals surface area contributed by atoms with Crippen LogP contribution in [0.15, 0.2) is 167 Å². The number of rotatable bonds is 5. The molecule has 14 nitrogen and oxygen atoms in total. The second-order valence-corrected chi connectivity index (χ2v) is 21.3. The van der Waals surface area contributed by atoms with E-state index in [1.807, 2.05) is 43.4 Å². The monoisotopic (exact) mass is 1100 g/mol. The van der Waals surface area contributed by atoms with Crippen LogP contribution in [0.2, 0.25) is 0 Å². The van der Waals surface area contributed by atoms with Gasteiger partial charge in [0.2, 0.25) is 0 Å². The number of nitrogens with one attached hydrogen (secondary N) is 1. The van der Waals surface area contributed by atoms with Crippen LogP contribution in [0.3, 0.4) is 0 Å². The Balaban J connectivity index is 0.000000356. The number of hydrogen-bond donors (Lipinski definition) is 4. The first-order valence-corrected chi connectivity index (χ1v) is 25.7. The van der Waals surface area contributed by atoms with Crippen molar-refractivity contribution < 1.29 is 52.3 Å². The number of benzene rings is 4. The zero-order chi connectivity index (χ0) is 50.5. The molecule has 0 saturated carbocycles. The zero-order valence-corrected chi connectivity index (χ0v) is 40.4. The first-order valence-electron chi connectivity index (χ1n) is 20.3. The average Bonchev–Trinajstić information content (AvgIpc) is 4.13. The number of hydrogen-bond acceptors (Lipinski definition) is 12. The number of aromatic nitrogens is 2. The van der Waals surface area contributed by atoms with Gasteiger partial charge in [-0.2, -0.15) is 26.3 Å². The molecule has 4 aliphatic rings. The maximum atomic E-state index is 10.7. The van der Waals surface area contributed by atoms with E-state index < -0.39 is 52.9 Å². The Bertz CT molecular complexity index is 3590. The van der Waals surface area contributed by atoms with Crippen molar-refractivity contribution in [2.75, 3.05) is 29.6 Å². The summed E-state index contributed by atoms with van der Waals surface area (Å²) >= 11 is -1.83. The molecule has 10 rings (SSSR count). The van der Waals surface area contributed by atoms with Crippen molar-refractivity contribution in [1.29, 1.82) is 0 Å². The predicted molar refractivity (Wildman–Crippen MR) is 255 cm³/mol. The van der Waals surface area contributed by atoms with Crippen LogP contribution < -0.4 is 33.2 Å². The van der Waals surface area contributed by atoms with Gasteiger partial charge in [-0.15, -0.1) is 0 Å². The Morgan fingerprint density at radius 2 is 0.800 bits per heavy atom. The maximum absolute atomic E-state index is 10.7. The third-order valence-corrected chi connectivity index (χ3v) is 15.9. The second-order valence-electron chi connectivity index (χ2n) is 15.4. The van der Waals surface area contributed by atoms with E-state index in [-0.39, 0.29) is 0 Å². The number of alkyl halides is 6. The number of allylic oxidation sites excluding steroid dienone is 4. The molecule has 356 valence electrons. The number of nitrogens with zero attached hydrogens (tertiary/aromatic N) is 4. The van der Waals surface area contributed by atoms with Crippen LogP contribution in [0.4, 0.5) is 49.1 Å². The van der Waals surface area contributed by atoms with E-state index in [1.165, 1.54) is 0 Å². The Hall–Kier alpha value is -7.12. The average molecular weight is 1100 g/mol. The molecule has 4 aliphatic heterocycles. The number of nitrogens with two attached hydrogens (primary N) is 3. The summed E-state index contributed by atoms with van der Waals surface area (Å²) in [5.41, 5.74) is 25.0. The van der Waals surface area contributed by atoms with Crippen molar-refractivity contribution in [3.63, 3.8) is 0 Å². The normalized spacial score (nSPS) is 14.9. The van der Waals surface area contributed by atoms with Crippen LogP contribution in [-0.4, -0.2) is 82.7 Å². The number of nitrogen functional groups attached to an aromatic ring is 3. The van der Waals surface area contributed by atoms with E-state index in [2.05, 4.69) is 120 Å². The molecule has 0 unspecified atom stereocenters. The van der Waals surface area contributed by atoms with Gasteiger partial charge in [0.15, 0.2) is 20.2 Å². The summed E-state index contributed by atoms with van der Waals surface area (Å²) in [6, 6.07) is 42.1. The predicted octanol–water partition coefficient (Wildman–Crippen LogP) is 6.08. The van der Waals surface area contributed by atoms with Gasteiger partial charge < -0.3 is 9.11 Å². The Morgan fingerprint density at radius 1 is 0.486 bits per heavy atom. The molecule has 7 N–H and O–H groups in total. The summed E-state index contributed by atoms with van der Waals surface area (Å²) < 4.78 is 123. The van der Waals surface area contributed by atoms with E-state index in [9.17, 15) is 26.3 Å². The summed E-state index contributed by atoms with van der Waals surface area (Å²) in [4.78, 5) is 10.9. The first-order chi connectivity index (χ1) is 32.9. The number of fused-ring (bicyclic) bond motifs is 2. The molecule has 70 heavy (non-hydrogen) atoms. The minimum Gasteiger partial charge on any atom is -0.741 e. The largest absolute Gasteiger partial charge is 0.741 e. The van der Waals surface area contributed by atoms with Gasteiger partial charge in [-0.1, -0.05) is 0 Å². The van der Waals surface area contributed by atoms with Gasteiger partial charge >= 0.3 is 336 Å². The Labute approximate surface area is 406 Å². The number of aliphatic imine (C=N–C) groups is 2. The van der Waals surface area contributed by atoms with Crippen LogP contribution in [0.5, 0.6) is 0 Å². The topological polar surface area (TPSA) is 239 Å². The molecule has 0 atom stereocenters. The van der Waals surface area contributed by atoms with Gasteiger partial charge in [-0.25, -0.2) is 16.8 Å². The minimum absolute atomic E-state index is 0.716. The number of anilines is 4. The van der Waals surface area contributed by atoms with Gasteiger partial charge in [-0.05, 0) is 0 Å². The van der Waals surface area contributed by atoms with Crippen LogP contribution in [0, 0.1) is 0 Å². The summed E-state index contributed by atoms with van der Waals surface area (Å²) in [5, 5.41) is 5.49. The smallest absolute Gasteiger partial charge is 0.485 e. The van der Waals surface area contributed by atoms with Crippen LogP contribution >= 0.6 is 0 Å². The maximum Gasteiger partial charge on any atom is 0.485 e. The van der Waals surface area contributed by atoms with Gasteiger partial charge in [-0.3, -0.25) is 0 Å². The SMILES string of the molecule is CNc1ccc(C2=C3C=CC(=N3)C(c3ccc(N)cc3)=c3ccc4[n]3[Sn+2][n]3c(ccc32)C(c2ccc(N)cc2)=C2C=CC(=N2)C=4c2ccc(N)cc2)cc1.O=S(=O)([O-])C(F)(F)F.O=S(=O)([O-])C(F)(F)F. The fourth-order valence-corrected chi connectivity index (χ4v) is 11.6. The van der Waals surface area contributed by atoms with Gasteiger partial charge in [0.25, 0.3) is 0 Å². The summed E-state index contributed by atoms with van der Waals surface area (Å²) in [5.74, 6) is 0. The molecule has 6 bridgehead atoms. The molecular formula is C47H34F6N8O6S2Sn. The third kappa shape index (κ3) is 9.85. The summed E-state index contributed by atoms with van der Waals surface area (Å²) in [7, 11) is -10.2. The van der Waals surface area contributed by atoms with E-state index >= 15 is 0 Å². The third-order valence-electron chi connectivity index (χ3n) is 10.9. The molecule has 6 heterocycles. The minimum atomic E-state index is -6.09. The van der Waals surface area contributed by atoms with Gasteiger partial charge in [0, 0.05) is 0 Å². The van der Waals surface area contributed by atoms with E-state index in [0.29, 0.717) is 5.69 Å². The van der Waals surface area contributed by atoms with Crippen molar-refractivity contribution in [3.8, 4) is 0 Å². The second kappa shape index (κ2) is 18.7. The standard InChI is InChI=1S/C45H34N8.2CHF3O3S.Sn/c1-49-33-16-8-29(9-17-33)45-40-24-22-38(52-40)43(27-4-12-31(47)13-5-27)36-20-18-34(50-36)42(26-2-10-30(46)11-3-26)35-19-21-37(51-35)44(39-23-25-41(45)53-39)28-6-14-32(48)15-7-28;2*2-1(3,4)8(5,6)7;/h2-25,49H,46-48H2,1H3;2*(H,5,6,7);/q-2;;;+4/p-2. The molecule has 0 saturated heterocycles. The molecule has 0 spiro atoms. The molecule has 2 aromatic heterocycles. The van der Waals surface area contributed by atoms with Gasteiger partial charge in [0.05, 0.1) is 0 Å². The molecule has 0 radical (unpaired) electrons. The van der Waals surface area contributed by atoms with Crippen molar-refractivity contribution in [2.24, 2.45) is 9.98 Å². The zero-order valence-electron chi connectivity index (χ0n) is 35.9. The van der Waals surface area contributed by atoms with E-state index in [4.69, 9.17) is 53.1 Å². The van der Waals surface area contributed by atoms with E-state index in [0.717, 1.165) is 107 Å². The Kier molecular flexibility index (Phi) is 13.1.